The fraction of sp³-hybridized carbons (Fsp3) is 0.500. The fourth-order valence-electron chi connectivity index (χ4n) is 1.33. The van der Waals surface area contributed by atoms with Crippen molar-refractivity contribution in [1.29, 1.82) is 0 Å². The first-order valence-corrected chi connectivity index (χ1v) is 6.81. The van der Waals surface area contributed by atoms with E-state index < -0.39 is 11.6 Å². The third-order valence-corrected chi connectivity index (χ3v) is 2.34. The highest BCUT2D eigenvalue weighted by molar-refractivity contribution is 5.82. The van der Waals surface area contributed by atoms with Crippen molar-refractivity contribution < 1.29 is 19.4 Å². The molecule has 0 radical (unpaired) electrons. The van der Waals surface area contributed by atoms with Gasteiger partial charge in [0, 0.05) is 6.42 Å². The van der Waals surface area contributed by atoms with Crippen molar-refractivity contribution in [2.75, 3.05) is 6.54 Å². The van der Waals surface area contributed by atoms with Gasteiger partial charge < -0.3 is 15.2 Å². The molecule has 0 rings (SSSR count). The molecular weight excluding hydrogens is 270 g/mol. The molecule has 0 saturated carbocycles. The number of hydrogen-bond acceptors (Lipinski definition) is 4. The zero-order chi connectivity index (χ0) is 16.5. The van der Waals surface area contributed by atoms with Gasteiger partial charge in [-0.1, -0.05) is 18.2 Å². The molecule has 0 aliphatic carbocycles. The Hall–Kier alpha value is -2.04. The molecule has 5 nitrogen and oxygen atoms in total. The number of amides is 1. The van der Waals surface area contributed by atoms with E-state index in [1.165, 1.54) is 12.2 Å². The molecule has 0 spiro atoms. The van der Waals surface area contributed by atoms with Gasteiger partial charge in [0.1, 0.15) is 17.9 Å². The van der Waals surface area contributed by atoms with Gasteiger partial charge in [-0.2, -0.15) is 0 Å². The standard InChI is InChI=1S/C16H25NO4/c1-6-13(18)9-7-12(2)8-10-14(19)17-11-15(20)21-16(3,4)5/h6-7,9,18H,1,8,10-11H2,2-5H3,(H,17,19)/b12-7+,13-9+. The van der Waals surface area contributed by atoms with Crippen LogP contribution in [0.1, 0.15) is 40.5 Å². The Balaban J connectivity index is 4.06. The summed E-state index contributed by atoms with van der Waals surface area (Å²) in [6, 6.07) is 0. The van der Waals surface area contributed by atoms with Crippen LogP contribution in [0.3, 0.4) is 0 Å². The summed E-state index contributed by atoms with van der Waals surface area (Å²) >= 11 is 0. The van der Waals surface area contributed by atoms with Crippen molar-refractivity contribution in [2.24, 2.45) is 0 Å². The van der Waals surface area contributed by atoms with E-state index in [2.05, 4.69) is 11.9 Å². The van der Waals surface area contributed by atoms with E-state index in [-0.39, 0.29) is 24.6 Å². The van der Waals surface area contributed by atoms with E-state index in [1.54, 1.807) is 26.8 Å². The van der Waals surface area contributed by atoms with Crippen LogP contribution in [-0.4, -0.2) is 29.1 Å². The second-order valence-electron chi connectivity index (χ2n) is 5.67. The van der Waals surface area contributed by atoms with Gasteiger partial charge in [0.2, 0.25) is 5.91 Å². The van der Waals surface area contributed by atoms with E-state index in [4.69, 9.17) is 4.74 Å². The minimum atomic E-state index is -0.555. The number of rotatable bonds is 7. The maximum absolute atomic E-state index is 11.6. The third-order valence-electron chi connectivity index (χ3n) is 2.34. The summed E-state index contributed by atoms with van der Waals surface area (Å²) in [6.45, 7) is 10.5. The average Bonchev–Trinajstić information content (AvgIpc) is 2.38. The van der Waals surface area contributed by atoms with E-state index in [1.807, 2.05) is 6.92 Å². The summed E-state index contributed by atoms with van der Waals surface area (Å²) in [5.41, 5.74) is 0.386. The van der Waals surface area contributed by atoms with Gasteiger partial charge in [-0.05, 0) is 46.3 Å². The van der Waals surface area contributed by atoms with Crippen LogP contribution in [0.2, 0.25) is 0 Å². The molecule has 0 aromatic heterocycles. The average molecular weight is 295 g/mol. The molecule has 0 aromatic carbocycles. The lowest BCUT2D eigenvalue weighted by atomic mass is 10.1. The number of aliphatic hydroxyl groups excluding tert-OH is 1. The van der Waals surface area contributed by atoms with Crippen molar-refractivity contribution in [3.63, 3.8) is 0 Å². The minimum absolute atomic E-state index is 0.0729. The van der Waals surface area contributed by atoms with E-state index in [0.717, 1.165) is 5.57 Å². The summed E-state index contributed by atoms with van der Waals surface area (Å²) in [5.74, 6) is -0.601. The molecule has 5 heteroatoms. The molecule has 0 unspecified atom stereocenters. The van der Waals surface area contributed by atoms with Crippen molar-refractivity contribution in [3.8, 4) is 0 Å². The molecule has 21 heavy (non-hydrogen) atoms. The summed E-state index contributed by atoms with van der Waals surface area (Å²) in [5, 5.41) is 11.7. The summed E-state index contributed by atoms with van der Waals surface area (Å²) in [6.07, 6.45) is 5.38. The smallest absolute Gasteiger partial charge is 0.325 e. The fourth-order valence-corrected chi connectivity index (χ4v) is 1.33. The Bertz CT molecular complexity index is 442. The molecule has 1 amide bonds. The van der Waals surface area contributed by atoms with Gasteiger partial charge in [-0.15, -0.1) is 0 Å². The quantitative estimate of drug-likeness (QED) is 0.430. The highest BCUT2D eigenvalue weighted by Gasteiger charge is 2.16. The Morgan fingerprint density at radius 1 is 1.24 bits per heavy atom. The van der Waals surface area contributed by atoms with E-state index >= 15 is 0 Å². The zero-order valence-electron chi connectivity index (χ0n) is 13.2. The molecule has 0 heterocycles. The van der Waals surface area contributed by atoms with Crippen LogP contribution in [0.15, 0.2) is 36.1 Å². The van der Waals surface area contributed by atoms with Crippen LogP contribution in [0.5, 0.6) is 0 Å². The summed E-state index contributed by atoms with van der Waals surface area (Å²) in [4.78, 5) is 23.0. The molecule has 0 aliphatic heterocycles. The molecule has 0 fully saturated rings. The number of ether oxygens (including phenoxy) is 1. The van der Waals surface area contributed by atoms with Crippen molar-refractivity contribution in [1.82, 2.24) is 5.32 Å². The Labute approximate surface area is 126 Å². The summed E-state index contributed by atoms with van der Waals surface area (Å²) < 4.78 is 5.08. The zero-order valence-corrected chi connectivity index (χ0v) is 13.2. The second kappa shape index (κ2) is 9.00. The highest BCUT2D eigenvalue weighted by atomic mass is 16.6. The van der Waals surface area contributed by atoms with Crippen molar-refractivity contribution in [2.45, 2.75) is 46.1 Å². The largest absolute Gasteiger partial charge is 0.508 e. The molecule has 2 N–H and O–H groups in total. The normalized spacial score (nSPS) is 12.8. The van der Waals surface area contributed by atoms with Gasteiger partial charge in [0.25, 0.3) is 0 Å². The predicted octanol–water partition coefficient (Wildman–Crippen LogP) is 2.80. The van der Waals surface area contributed by atoms with Crippen LogP contribution in [0.25, 0.3) is 0 Å². The van der Waals surface area contributed by atoms with Gasteiger partial charge >= 0.3 is 5.97 Å². The lowest BCUT2D eigenvalue weighted by Gasteiger charge is -2.19. The molecule has 0 aliphatic rings. The van der Waals surface area contributed by atoms with Crippen molar-refractivity contribution >= 4 is 11.9 Å². The van der Waals surface area contributed by atoms with Crippen LogP contribution in [-0.2, 0) is 14.3 Å². The number of nitrogens with one attached hydrogen (secondary N) is 1. The van der Waals surface area contributed by atoms with E-state index in [0.29, 0.717) is 6.42 Å². The molecule has 0 aromatic rings. The molecule has 0 atom stereocenters. The maximum atomic E-state index is 11.6. The van der Waals surface area contributed by atoms with Crippen molar-refractivity contribution in [3.05, 3.63) is 36.1 Å². The number of esters is 1. The molecule has 0 saturated heterocycles. The van der Waals surface area contributed by atoms with Gasteiger partial charge in [0.15, 0.2) is 0 Å². The highest BCUT2D eigenvalue weighted by Crippen LogP contribution is 2.07. The van der Waals surface area contributed by atoms with Gasteiger partial charge in [0.05, 0.1) is 0 Å². The molecule has 118 valence electrons. The number of carbonyl (C=O) groups is 2. The van der Waals surface area contributed by atoms with Crippen LogP contribution in [0, 0.1) is 0 Å². The third kappa shape index (κ3) is 11.5. The minimum Gasteiger partial charge on any atom is -0.508 e. The predicted molar refractivity (Wildman–Crippen MR) is 82.8 cm³/mol. The molecule has 0 bridgehead atoms. The van der Waals surface area contributed by atoms with Crippen LogP contribution >= 0.6 is 0 Å². The summed E-state index contributed by atoms with van der Waals surface area (Å²) in [7, 11) is 0. The number of carbonyl (C=O) groups excluding carboxylic acids is 2. The SMILES string of the molecule is C=C/C(O)=C\C=C(/C)CCC(=O)NCC(=O)OC(C)(C)C. The van der Waals surface area contributed by atoms with Gasteiger partial charge in [-0.3, -0.25) is 9.59 Å². The van der Waals surface area contributed by atoms with Crippen LogP contribution in [0.4, 0.5) is 0 Å². The Morgan fingerprint density at radius 3 is 2.38 bits per heavy atom. The topological polar surface area (TPSA) is 75.6 Å². The number of allylic oxidation sites excluding steroid dienone is 4. The molecular formula is C16H25NO4. The number of hydrogen-bond donors (Lipinski definition) is 2. The number of aliphatic hydroxyl groups is 1. The van der Waals surface area contributed by atoms with E-state index in [9.17, 15) is 14.7 Å². The van der Waals surface area contributed by atoms with Gasteiger partial charge in [-0.25, -0.2) is 0 Å². The Kier molecular flexibility index (Phi) is 8.12. The lowest BCUT2D eigenvalue weighted by molar-refractivity contribution is -0.154. The maximum Gasteiger partial charge on any atom is 0.325 e. The lowest BCUT2D eigenvalue weighted by Crippen LogP contribution is -2.34. The monoisotopic (exact) mass is 295 g/mol. The van der Waals surface area contributed by atoms with Crippen LogP contribution < -0.4 is 5.32 Å². The first kappa shape index (κ1) is 19.0. The first-order valence-electron chi connectivity index (χ1n) is 6.81. The first-order chi connectivity index (χ1) is 9.64. The Morgan fingerprint density at radius 2 is 1.86 bits per heavy atom. The second-order valence-corrected chi connectivity index (χ2v) is 5.67.